The smallest absolute Gasteiger partial charge is 0.336 e. The van der Waals surface area contributed by atoms with E-state index in [0.717, 1.165) is 16.7 Å². The second kappa shape index (κ2) is 6.00. The Labute approximate surface area is 146 Å². The quantitative estimate of drug-likeness (QED) is 0.737. The zero-order valence-electron chi connectivity index (χ0n) is 15.1. The molecule has 1 aromatic carbocycles. The number of amides is 1. The number of rotatable bonds is 3. The molecule has 134 valence electrons. The Bertz CT molecular complexity index is 730. The van der Waals surface area contributed by atoms with Crippen LogP contribution in [0.1, 0.15) is 35.1 Å². The number of Topliss-reactive ketones (excluding diaryl/α,β-unsaturated/α-hetero) is 1. The number of carbonyl (C=O) groups excluding carboxylic acids is 2. The van der Waals surface area contributed by atoms with Gasteiger partial charge in [0.05, 0.1) is 12.7 Å². The van der Waals surface area contributed by atoms with Gasteiger partial charge in [0.2, 0.25) is 5.78 Å². The van der Waals surface area contributed by atoms with Crippen LogP contribution >= 0.6 is 0 Å². The number of nitroso groups, excluding NO2 is 1. The summed E-state index contributed by atoms with van der Waals surface area (Å²) < 4.78 is 0. The summed E-state index contributed by atoms with van der Waals surface area (Å²) in [7, 11) is 1.58. The van der Waals surface area contributed by atoms with Gasteiger partial charge in [-0.1, -0.05) is 17.7 Å². The van der Waals surface area contributed by atoms with E-state index in [9.17, 15) is 14.5 Å². The number of nitrogens with zero attached hydrogens (tertiary/aromatic N) is 1. The highest BCUT2D eigenvalue weighted by Gasteiger charge is 2.70. The predicted molar refractivity (Wildman–Crippen MR) is 90.4 cm³/mol. The molecule has 3 rings (SSSR count). The van der Waals surface area contributed by atoms with Crippen LogP contribution in [-0.4, -0.2) is 42.5 Å². The summed E-state index contributed by atoms with van der Waals surface area (Å²) in [5, 5.41) is 6.42. The van der Waals surface area contributed by atoms with Gasteiger partial charge in [0.1, 0.15) is 5.54 Å². The van der Waals surface area contributed by atoms with Gasteiger partial charge in [0.25, 0.3) is 0 Å². The molecule has 1 atom stereocenters. The van der Waals surface area contributed by atoms with Gasteiger partial charge in [-0.05, 0) is 44.7 Å². The second-order valence-corrected chi connectivity index (χ2v) is 7.10. The van der Waals surface area contributed by atoms with Gasteiger partial charge in [0.15, 0.2) is 0 Å². The Morgan fingerprint density at radius 1 is 1.12 bits per heavy atom. The Balaban J connectivity index is 2.10. The van der Waals surface area contributed by atoms with Gasteiger partial charge in [-0.15, -0.1) is 0 Å². The lowest BCUT2D eigenvalue weighted by molar-refractivity contribution is -0.546. The zero-order chi connectivity index (χ0) is 18.4. The number of ketones is 1. The normalized spacial score (nSPS) is 26.1. The van der Waals surface area contributed by atoms with Crippen LogP contribution in [0.15, 0.2) is 12.1 Å². The molecule has 2 aliphatic rings. The topological polar surface area (TPSA) is 89.7 Å². The molecule has 0 saturated carbocycles. The van der Waals surface area contributed by atoms with Crippen LogP contribution in [0.25, 0.3) is 0 Å². The van der Waals surface area contributed by atoms with Crippen LogP contribution in [0.4, 0.5) is 0 Å². The highest BCUT2D eigenvalue weighted by atomic mass is 16.7. The molecule has 1 spiro atoms. The fourth-order valence-corrected chi connectivity index (χ4v) is 4.37. The Morgan fingerprint density at radius 3 is 2.16 bits per heavy atom. The fourth-order valence-electron chi connectivity index (χ4n) is 4.37. The van der Waals surface area contributed by atoms with Gasteiger partial charge in [-0.3, -0.25) is 9.59 Å². The zero-order valence-corrected chi connectivity index (χ0v) is 15.1. The van der Waals surface area contributed by atoms with E-state index in [4.69, 9.17) is 4.84 Å². The number of hydroxylamine groups is 2. The minimum absolute atomic E-state index is 0.384. The summed E-state index contributed by atoms with van der Waals surface area (Å²) in [6, 6.07) is 3.78. The molecule has 2 heterocycles. The van der Waals surface area contributed by atoms with E-state index in [1.807, 2.05) is 38.1 Å². The van der Waals surface area contributed by atoms with E-state index in [2.05, 4.69) is 5.32 Å². The number of aryl methyl sites for hydroxylation is 3. The number of nitrogens with one attached hydrogen (secondary N) is 2. The van der Waals surface area contributed by atoms with Crippen molar-refractivity contribution in [1.82, 2.24) is 10.4 Å². The van der Waals surface area contributed by atoms with Crippen LogP contribution in [0.5, 0.6) is 0 Å². The van der Waals surface area contributed by atoms with Crippen molar-refractivity contribution in [3.05, 3.63) is 39.3 Å². The number of hydrogen-bond donors (Lipinski definition) is 2. The monoisotopic (exact) mass is 346 g/mol. The van der Waals surface area contributed by atoms with Gasteiger partial charge >= 0.3 is 11.4 Å². The molecule has 1 unspecified atom stereocenters. The SMILES string of the molecule is CON1CCC2(CC1)NC(=O)C([NH+]=O)(c1c(C)cc(C)cc1C)C2=O. The predicted octanol–water partition coefficient (Wildman–Crippen LogP) is -0.251. The first-order valence-corrected chi connectivity index (χ1v) is 8.45. The van der Waals surface area contributed by atoms with Crippen LogP contribution in [-0.2, 0) is 20.0 Å². The van der Waals surface area contributed by atoms with E-state index < -0.39 is 17.0 Å². The van der Waals surface area contributed by atoms with E-state index in [0.29, 0.717) is 31.5 Å². The molecule has 7 nitrogen and oxygen atoms in total. The summed E-state index contributed by atoms with van der Waals surface area (Å²) in [5.41, 5.74) is 0.117. The molecule has 0 aliphatic carbocycles. The van der Waals surface area contributed by atoms with Crippen LogP contribution in [0.3, 0.4) is 0 Å². The van der Waals surface area contributed by atoms with E-state index >= 15 is 0 Å². The number of benzene rings is 1. The standard InChI is InChI=1S/C18H23N3O4/c1-11-9-12(2)14(13(3)10-11)18(20-24)15(22)17(19-16(18)23)5-7-21(25-4)8-6-17/h9-10H,5-8H2,1-4H3,(H,19,23)/p+1. The van der Waals surface area contributed by atoms with Crippen molar-refractivity contribution >= 4 is 11.7 Å². The minimum atomic E-state index is -1.88. The molecular formula is C18H24N3O4+. The molecule has 0 bridgehead atoms. The lowest BCUT2D eigenvalue weighted by atomic mass is 9.74. The molecule has 1 aromatic rings. The largest absolute Gasteiger partial charge is 0.369 e. The minimum Gasteiger partial charge on any atom is -0.336 e. The van der Waals surface area contributed by atoms with Crippen molar-refractivity contribution in [3.8, 4) is 0 Å². The molecule has 25 heavy (non-hydrogen) atoms. The fraction of sp³-hybridized carbons (Fsp3) is 0.556. The Hall–Kier alpha value is -2.12. The highest BCUT2D eigenvalue weighted by molar-refractivity contribution is 6.20. The third-order valence-corrected chi connectivity index (χ3v) is 5.51. The molecule has 2 fully saturated rings. The lowest BCUT2D eigenvalue weighted by Crippen LogP contribution is -2.85. The lowest BCUT2D eigenvalue weighted by Gasteiger charge is -2.36. The first-order valence-electron chi connectivity index (χ1n) is 8.45. The maximum atomic E-state index is 13.4. The maximum absolute atomic E-state index is 13.4. The Kier molecular flexibility index (Phi) is 4.25. The maximum Gasteiger partial charge on any atom is 0.369 e. The highest BCUT2D eigenvalue weighted by Crippen LogP contribution is 2.39. The molecule has 7 heteroatoms. The van der Waals surface area contributed by atoms with Crippen LogP contribution < -0.4 is 10.5 Å². The van der Waals surface area contributed by atoms with Crippen LogP contribution in [0.2, 0.25) is 0 Å². The van der Waals surface area contributed by atoms with E-state index in [-0.39, 0.29) is 5.78 Å². The average molecular weight is 346 g/mol. The summed E-state index contributed by atoms with van der Waals surface area (Å²) in [4.78, 5) is 43.6. The number of hydrogen-bond acceptors (Lipinski definition) is 5. The summed E-state index contributed by atoms with van der Waals surface area (Å²) >= 11 is 0. The van der Waals surface area contributed by atoms with Gasteiger partial charge < -0.3 is 10.2 Å². The van der Waals surface area contributed by atoms with Gasteiger partial charge in [0, 0.05) is 23.2 Å². The van der Waals surface area contributed by atoms with Crippen molar-refractivity contribution in [2.45, 2.75) is 44.7 Å². The third-order valence-electron chi connectivity index (χ3n) is 5.51. The van der Waals surface area contributed by atoms with E-state index in [1.165, 1.54) is 0 Å². The van der Waals surface area contributed by atoms with Gasteiger partial charge in [-0.2, -0.15) is 5.06 Å². The molecule has 1 amide bonds. The van der Waals surface area contributed by atoms with Gasteiger partial charge in [-0.25, -0.2) is 0 Å². The average Bonchev–Trinajstić information content (AvgIpc) is 2.76. The summed E-state index contributed by atoms with van der Waals surface area (Å²) in [5.74, 6) is -0.945. The second-order valence-electron chi connectivity index (χ2n) is 7.10. The molecule has 2 saturated heterocycles. The number of piperidine rings is 1. The van der Waals surface area contributed by atoms with Crippen molar-refractivity contribution < 1.29 is 19.6 Å². The molecule has 0 radical (unpaired) electrons. The number of carbonyl (C=O) groups is 2. The molecule has 0 aromatic heterocycles. The third kappa shape index (κ3) is 2.41. The Morgan fingerprint density at radius 2 is 1.68 bits per heavy atom. The van der Waals surface area contributed by atoms with Crippen molar-refractivity contribution in [3.63, 3.8) is 0 Å². The first kappa shape index (κ1) is 17.7. The molecular weight excluding hydrogens is 322 g/mol. The van der Waals surface area contributed by atoms with Crippen LogP contribution in [0, 0.1) is 25.7 Å². The van der Waals surface area contributed by atoms with Crippen molar-refractivity contribution in [2.75, 3.05) is 20.2 Å². The van der Waals surface area contributed by atoms with Crippen molar-refractivity contribution in [2.24, 2.45) is 0 Å². The molecule has 2 aliphatic heterocycles. The summed E-state index contributed by atoms with van der Waals surface area (Å²) in [6.45, 7) is 6.63. The summed E-state index contributed by atoms with van der Waals surface area (Å²) in [6.07, 6.45) is 0.831. The first-order chi connectivity index (χ1) is 11.8. The van der Waals surface area contributed by atoms with Crippen molar-refractivity contribution in [1.29, 1.82) is 0 Å². The molecule has 2 N–H and O–H groups in total. The van der Waals surface area contributed by atoms with E-state index in [1.54, 1.807) is 12.2 Å².